The number of hydrogen-bond acceptors (Lipinski definition) is 6. The molecular formula is C18H21NO6S2. The summed E-state index contributed by atoms with van der Waals surface area (Å²) in [4.78, 5) is 0. The molecule has 0 spiro atoms. The fourth-order valence-electron chi connectivity index (χ4n) is 2.96. The minimum absolute atomic E-state index is 0.162. The Morgan fingerprint density at radius 2 is 1.93 bits per heavy atom. The van der Waals surface area contributed by atoms with Gasteiger partial charge in [0.15, 0.2) is 9.84 Å². The zero-order valence-electron chi connectivity index (χ0n) is 14.7. The van der Waals surface area contributed by atoms with Gasteiger partial charge in [0.25, 0.3) is 0 Å². The molecule has 3 rings (SSSR count). The van der Waals surface area contributed by atoms with Gasteiger partial charge in [-0.3, -0.25) is 0 Å². The number of sulfonamides is 1. The summed E-state index contributed by atoms with van der Waals surface area (Å²) < 4.78 is 55.8. The van der Waals surface area contributed by atoms with Gasteiger partial charge in [-0.05, 0) is 30.7 Å². The van der Waals surface area contributed by atoms with Crippen LogP contribution in [-0.4, -0.2) is 49.9 Å². The molecule has 1 saturated heterocycles. The van der Waals surface area contributed by atoms with Crippen molar-refractivity contribution in [1.29, 1.82) is 0 Å². The first kappa shape index (κ1) is 19.8. The summed E-state index contributed by atoms with van der Waals surface area (Å²) in [7, 11) is -7.52. The van der Waals surface area contributed by atoms with Crippen molar-refractivity contribution in [3.05, 3.63) is 65.0 Å². The van der Waals surface area contributed by atoms with Crippen LogP contribution in [0.15, 0.2) is 52.5 Å². The molecule has 1 fully saturated rings. The lowest BCUT2D eigenvalue weighted by Crippen LogP contribution is -2.45. The molecule has 2 heterocycles. The van der Waals surface area contributed by atoms with Crippen molar-refractivity contribution >= 4 is 25.9 Å². The predicted octanol–water partition coefficient (Wildman–Crippen LogP) is 1.55. The number of benzene rings is 1. The summed E-state index contributed by atoms with van der Waals surface area (Å²) >= 11 is 0. The number of aliphatic hydroxyl groups excluding tert-OH is 1. The van der Waals surface area contributed by atoms with Gasteiger partial charge in [-0.25, -0.2) is 16.8 Å². The van der Waals surface area contributed by atoms with E-state index in [1.54, 1.807) is 24.3 Å². The molecule has 1 aromatic carbocycles. The molecule has 27 heavy (non-hydrogen) atoms. The molecule has 146 valence electrons. The Hall–Kier alpha value is -1.94. The van der Waals surface area contributed by atoms with E-state index >= 15 is 0 Å². The van der Waals surface area contributed by atoms with Gasteiger partial charge in [-0.2, -0.15) is 4.31 Å². The minimum atomic E-state index is -4.00. The number of hydrogen-bond donors (Lipinski definition) is 1. The van der Waals surface area contributed by atoms with Crippen LogP contribution < -0.4 is 0 Å². The lowest BCUT2D eigenvalue weighted by molar-refractivity contribution is 0.122. The van der Waals surface area contributed by atoms with Crippen molar-refractivity contribution in [3.8, 4) is 0 Å². The lowest BCUT2D eigenvalue weighted by Gasteiger charge is -2.27. The van der Waals surface area contributed by atoms with Crippen molar-refractivity contribution in [1.82, 2.24) is 4.31 Å². The zero-order valence-corrected chi connectivity index (χ0v) is 16.4. The highest BCUT2D eigenvalue weighted by molar-refractivity contribution is 7.93. The molecule has 9 heteroatoms. The zero-order chi connectivity index (χ0) is 19.7. The smallest absolute Gasteiger partial charge is 0.237 e. The van der Waals surface area contributed by atoms with E-state index in [-0.39, 0.29) is 6.54 Å². The van der Waals surface area contributed by atoms with E-state index in [1.165, 1.54) is 12.3 Å². The molecule has 7 nitrogen and oxygen atoms in total. The van der Waals surface area contributed by atoms with Crippen molar-refractivity contribution in [2.24, 2.45) is 0 Å². The molecule has 0 bridgehead atoms. The van der Waals surface area contributed by atoms with Crippen LogP contribution in [0.25, 0.3) is 6.08 Å². The maximum absolute atomic E-state index is 12.9. The Labute approximate surface area is 158 Å². The average Bonchev–Trinajstić information content (AvgIpc) is 3.19. The number of sulfone groups is 1. The number of nitrogens with zero attached hydrogens (tertiary/aromatic N) is 1. The van der Waals surface area contributed by atoms with E-state index in [0.29, 0.717) is 11.3 Å². The van der Waals surface area contributed by atoms with Crippen molar-refractivity contribution in [2.75, 3.05) is 11.5 Å². The van der Waals surface area contributed by atoms with Crippen LogP contribution in [0.5, 0.6) is 0 Å². The maximum Gasteiger partial charge on any atom is 0.237 e. The van der Waals surface area contributed by atoms with Crippen LogP contribution >= 0.6 is 0 Å². The molecule has 0 aliphatic carbocycles. The van der Waals surface area contributed by atoms with Crippen LogP contribution in [0.4, 0.5) is 0 Å². The van der Waals surface area contributed by atoms with Gasteiger partial charge in [0.1, 0.15) is 5.76 Å². The molecule has 0 radical (unpaired) electrons. The molecule has 1 aliphatic rings. The van der Waals surface area contributed by atoms with Crippen LogP contribution in [0.2, 0.25) is 0 Å². The Balaban J connectivity index is 1.92. The van der Waals surface area contributed by atoms with Crippen LogP contribution in [0, 0.1) is 6.92 Å². The van der Waals surface area contributed by atoms with Crippen molar-refractivity contribution in [2.45, 2.75) is 25.6 Å². The first-order valence-corrected chi connectivity index (χ1v) is 11.7. The third kappa shape index (κ3) is 4.86. The molecule has 1 aliphatic heterocycles. The number of aryl methyl sites for hydroxylation is 1. The highest BCUT2D eigenvalue weighted by atomic mass is 32.2. The Bertz CT molecular complexity index is 1010. The minimum Gasteiger partial charge on any atom is -0.468 e. The fraction of sp³-hybridized carbons (Fsp3) is 0.333. The quantitative estimate of drug-likeness (QED) is 0.773. The SMILES string of the molecule is Cc1ccc(C=CS(=O)(=O)N(Cc2ccco2)C2CS(=O)(=O)CC2O)cc1. The van der Waals surface area contributed by atoms with Gasteiger partial charge in [0.05, 0.1) is 36.5 Å². The van der Waals surface area contributed by atoms with Gasteiger partial charge in [-0.1, -0.05) is 29.8 Å². The first-order chi connectivity index (χ1) is 12.7. The van der Waals surface area contributed by atoms with E-state index in [4.69, 9.17) is 4.42 Å². The van der Waals surface area contributed by atoms with Crippen molar-refractivity contribution in [3.63, 3.8) is 0 Å². The van der Waals surface area contributed by atoms with Crippen LogP contribution in [0.1, 0.15) is 16.9 Å². The third-order valence-corrected chi connectivity index (χ3v) is 7.62. The summed E-state index contributed by atoms with van der Waals surface area (Å²) in [5.41, 5.74) is 1.75. The Morgan fingerprint density at radius 1 is 1.22 bits per heavy atom. The van der Waals surface area contributed by atoms with Crippen LogP contribution in [-0.2, 0) is 26.4 Å². The monoisotopic (exact) mass is 411 g/mol. The number of aliphatic hydroxyl groups is 1. The van der Waals surface area contributed by atoms with Gasteiger partial charge in [-0.15, -0.1) is 0 Å². The summed E-state index contributed by atoms with van der Waals surface area (Å²) in [5, 5.41) is 11.2. The standard InChI is InChI=1S/C18H21NO6S2/c1-14-4-6-15(7-5-14)8-10-27(23,24)19(11-16-3-2-9-25-16)17-12-26(21,22)13-18(17)20/h2-10,17-18,20H,11-13H2,1H3. The topological polar surface area (TPSA) is 105 Å². The number of rotatable bonds is 6. The second-order valence-electron chi connectivity index (χ2n) is 6.59. The molecular weight excluding hydrogens is 390 g/mol. The second-order valence-corrected chi connectivity index (χ2v) is 10.5. The molecule has 1 aromatic heterocycles. The summed E-state index contributed by atoms with van der Waals surface area (Å²) in [6, 6.07) is 9.44. The maximum atomic E-state index is 12.9. The van der Waals surface area contributed by atoms with E-state index in [2.05, 4.69) is 0 Å². The summed E-state index contributed by atoms with van der Waals surface area (Å²) in [6.45, 7) is 1.77. The van der Waals surface area contributed by atoms with Gasteiger partial charge in [0.2, 0.25) is 10.0 Å². The summed E-state index contributed by atoms with van der Waals surface area (Å²) in [6.07, 6.45) is 1.57. The molecule has 1 N–H and O–H groups in total. The Morgan fingerprint density at radius 3 is 2.48 bits per heavy atom. The number of furan rings is 1. The van der Waals surface area contributed by atoms with Gasteiger partial charge >= 0.3 is 0 Å². The first-order valence-electron chi connectivity index (χ1n) is 8.34. The van der Waals surface area contributed by atoms with E-state index in [1.807, 2.05) is 19.1 Å². The van der Waals surface area contributed by atoms with E-state index in [0.717, 1.165) is 15.3 Å². The molecule has 0 amide bonds. The second kappa shape index (κ2) is 7.59. The fourth-order valence-corrected chi connectivity index (χ4v) is 6.24. The summed E-state index contributed by atoms with van der Waals surface area (Å²) in [5.74, 6) is -0.519. The average molecular weight is 412 g/mol. The van der Waals surface area contributed by atoms with Crippen LogP contribution in [0.3, 0.4) is 0 Å². The molecule has 2 unspecified atom stereocenters. The van der Waals surface area contributed by atoms with E-state index < -0.39 is 43.5 Å². The molecule has 2 aromatic rings. The van der Waals surface area contributed by atoms with Gasteiger partial charge in [0, 0.05) is 5.41 Å². The molecule has 0 saturated carbocycles. The highest BCUT2D eigenvalue weighted by Gasteiger charge is 2.44. The normalized spacial score (nSPS) is 22.6. The largest absolute Gasteiger partial charge is 0.468 e. The highest BCUT2D eigenvalue weighted by Crippen LogP contribution is 2.25. The Kier molecular flexibility index (Phi) is 5.57. The lowest BCUT2D eigenvalue weighted by atomic mass is 10.2. The predicted molar refractivity (Wildman–Crippen MR) is 102 cm³/mol. The van der Waals surface area contributed by atoms with Gasteiger partial charge < -0.3 is 9.52 Å². The van der Waals surface area contributed by atoms with Crippen molar-refractivity contribution < 1.29 is 26.4 Å². The molecule has 2 atom stereocenters. The van der Waals surface area contributed by atoms with E-state index in [9.17, 15) is 21.9 Å². The third-order valence-electron chi connectivity index (χ3n) is 4.39.